The summed E-state index contributed by atoms with van der Waals surface area (Å²) in [5.41, 5.74) is -0.0522. The van der Waals surface area contributed by atoms with Gasteiger partial charge in [-0.3, -0.25) is 0 Å². The van der Waals surface area contributed by atoms with Crippen molar-refractivity contribution in [2.24, 2.45) is 10.8 Å². The van der Waals surface area contributed by atoms with Gasteiger partial charge >= 0.3 is 0 Å². The van der Waals surface area contributed by atoms with Crippen molar-refractivity contribution in [2.75, 3.05) is 13.2 Å². The van der Waals surface area contributed by atoms with Crippen LogP contribution in [0.25, 0.3) is 0 Å². The molecule has 2 N–H and O–H groups in total. The fraction of sp³-hybridized carbons (Fsp3) is 1.00. The number of rotatable bonds is 12. The molecule has 0 fully saturated rings. The number of hydrogen-bond donors (Lipinski definition) is 2. The van der Waals surface area contributed by atoms with E-state index in [1.165, 1.54) is 0 Å². The fourth-order valence-corrected chi connectivity index (χ4v) is 2.24. The van der Waals surface area contributed by atoms with Crippen molar-refractivity contribution in [3.8, 4) is 0 Å². The Balaban J connectivity index is 3.53. The minimum absolute atomic E-state index is 0.0261. The molecule has 0 radical (unpaired) electrons. The zero-order valence-corrected chi connectivity index (χ0v) is 13.9. The summed E-state index contributed by atoms with van der Waals surface area (Å²) in [7, 11) is 0. The SMILES string of the molecule is CC(C)(CO)CCCCC(F)CCCCC(C)(C)CO. The summed E-state index contributed by atoms with van der Waals surface area (Å²) in [4.78, 5) is 0. The largest absolute Gasteiger partial charge is 0.396 e. The smallest absolute Gasteiger partial charge is 0.100 e. The monoisotopic (exact) mass is 290 g/mol. The summed E-state index contributed by atoms with van der Waals surface area (Å²) in [6, 6.07) is 0. The molecule has 0 aliphatic heterocycles. The number of alkyl halides is 1. The Kier molecular flexibility index (Phi) is 9.65. The molecule has 0 aromatic carbocycles. The van der Waals surface area contributed by atoms with E-state index >= 15 is 0 Å². The highest BCUT2D eigenvalue weighted by atomic mass is 19.1. The summed E-state index contributed by atoms with van der Waals surface area (Å²) in [5.74, 6) is 0. The van der Waals surface area contributed by atoms with Gasteiger partial charge in [0.05, 0.1) is 0 Å². The first-order valence-corrected chi connectivity index (χ1v) is 8.08. The molecule has 3 heteroatoms. The van der Waals surface area contributed by atoms with Crippen LogP contribution in [-0.4, -0.2) is 29.6 Å². The molecule has 0 unspecified atom stereocenters. The lowest BCUT2D eigenvalue weighted by Crippen LogP contribution is -2.16. The molecule has 0 aromatic rings. The average Bonchev–Trinajstić information content (AvgIpc) is 2.40. The van der Waals surface area contributed by atoms with Crippen LogP contribution in [0.2, 0.25) is 0 Å². The van der Waals surface area contributed by atoms with Gasteiger partial charge in [-0.2, -0.15) is 0 Å². The molecule has 0 aliphatic carbocycles. The van der Waals surface area contributed by atoms with Gasteiger partial charge in [0.15, 0.2) is 0 Å². The quantitative estimate of drug-likeness (QED) is 0.520. The minimum atomic E-state index is -0.690. The second-order valence-electron chi connectivity index (χ2n) is 7.73. The normalized spacial score (nSPS) is 13.2. The second-order valence-corrected chi connectivity index (χ2v) is 7.73. The van der Waals surface area contributed by atoms with Crippen LogP contribution in [0.3, 0.4) is 0 Å². The molecule has 0 rings (SSSR count). The molecule has 122 valence electrons. The van der Waals surface area contributed by atoms with Crippen molar-refractivity contribution in [1.82, 2.24) is 0 Å². The summed E-state index contributed by atoms with van der Waals surface area (Å²) in [6.07, 6.45) is 6.32. The topological polar surface area (TPSA) is 40.5 Å². The van der Waals surface area contributed by atoms with Crippen LogP contribution in [0, 0.1) is 10.8 Å². The van der Waals surface area contributed by atoms with Crippen molar-refractivity contribution in [1.29, 1.82) is 0 Å². The van der Waals surface area contributed by atoms with E-state index in [9.17, 15) is 4.39 Å². The van der Waals surface area contributed by atoms with E-state index in [-0.39, 0.29) is 24.0 Å². The number of aliphatic hydroxyl groups excluding tert-OH is 2. The number of unbranched alkanes of at least 4 members (excludes halogenated alkanes) is 2. The van der Waals surface area contributed by atoms with E-state index < -0.39 is 6.17 Å². The van der Waals surface area contributed by atoms with Crippen LogP contribution in [-0.2, 0) is 0 Å². The van der Waals surface area contributed by atoms with Gasteiger partial charge in [0.1, 0.15) is 6.17 Å². The predicted octanol–water partition coefficient (Wildman–Crippen LogP) is 4.48. The van der Waals surface area contributed by atoms with E-state index in [1.807, 2.05) is 27.7 Å². The maximum atomic E-state index is 13.7. The zero-order chi connectivity index (χ0) is 15.6. The molecule has 0 spiro atoms. The number of hydrogen-bond acceptors (Lipinski definition) is 2. The van der Waals surface area contributed by atoms with E-state index in [4.69, 9.17) is 10.2 Å². The van der Waals surface area contributed by atoms with Gasteiger partial charge in [0.25, 0.3) is 0 Å². The van der Waals surface area contributed by atoms with E-state index in [2.05, 4.69) is 0 Å². The molecule has 20 heavy (non-hydrogen) atoms. The lowest BCUT2D eigenvalue weighted by molar-refractivity contribution is 0.143. The highest BCUT2D eigenvalue weighted by Crippen LogP contribution is 2.25. The number of halogens is 1. The maximum Gasteiger partial charge on any atom is 0.100 e. The lowest BCUT2D eigenvalue weighted by Gasteiger charge is -2.22. The third-order valence-electron chi connectivity index (χ3n) is 4.10. The highest BCUT2D eigenvalue weighted by Gasteiger charge is 2.17. The van der Waals surface area contributed by atoms with Crippen LogP contribution in [0.4, 0.5) is 4.39 Å². The molecule has 0 saturated carbocycles. The van der Waals surface area contributed by atoms with Crippen molar-refractivity contribution in [3.05, 3.63) is 0 Å². The Bertz CT molecular complexity index is 215. The standard InChI is InChI=1S/C17H35FO2/c1-16(2,13-19)11-7-5-9-15(18)10-6-8-12-17(3,4)14-20/h15,19-20H,5-14H2,1-4H3. The van der Waals surface area contributed by atoms with Crippen molar-refractivity contribution < 1.29 is 14.6 Å². The predicted molar refractivity (Wildman–Crippen MR) is 83.6 cm³/mol. The zero-order valence-electron chi connectivity index (χ0n) is 13.9. The number of aliphatic hydroxyl groups is 2. The van der Waals surface area contributed by atoms with Gasteiger partial charge in [-0.15, -0.1) is 0 Å². The van der Waals surface area contributed by atoms with E-state index in [1.54, 1.807) is 0 Å². The highest BCUT2D eigenvalue weighted by molar-refractivity contribution is 4.69. The summed E-state index contributed by atoms with van der Waals surface area (Å²) in [5, 5.41) is 18.3. The molecule has 0 heterocycles. The van der Waals surface area contributed by atoms with E-state index in [0.717, 1.165) is 38.5 Å². The third kappa shape index (κ3) is 10.6. The van der Waals surface area contributed by atoms with Gasteiger partial charge in [-0.25, -0.2) is 4.39 Å². The van der Waals surface area contributed by atoms with E-state index in [0.29, 0.717) is 12.8 Å². The van der Waals surface area contributed by atoms with Gasteiger partial charge in [-0.1, -0.05) is 53.4 Å². The lowest BCUT2D eigenvalue weighted by atomic mass is 9.87. The first-order chi connectivity index (χ1) is 9.22. The first kappa shape index (κ1) is 19.9. The molecule has 0 aromatic heterocycles. The average molecular weight is 290 g/mol. The second kappa shape index (κ2) is 9.73. The molecule has 0 saturated heterocycles. The van der Waals surface area contributed by atoms with Gasteiger partial charge in [0.2, 0.25) is 0 Å². The van der Waals surface area contributed by atoms with Crippen molar-refractivity contribution >= 4 is 0 Å². The summed E-state index contributed by atoms with van der Waals surface area (Å²) < 4.78 is 13.7. The van der Waals surface area contributed by atoms with Crippen LogP contribution < -0.4 is 0 Å². The Morgan fingerprint density at radius 2 is 1.10 bits per heavy atom. The molecule has 0 amide bonds. The van der Waals surface area contributed by atoms with Crippen molar-refractivity contribution in [2.45, 2.75) is 85.2 Å². The molecule has 2 nitrogen and oxygen atoms in total. The minimum Gasteiger partial charge on any atom is -0.396 e. The summed E-state index contributed by atoms with van der Waals surface area (Å²) >= 11 is 0. The Hall–Kier alpha value is -0.150. The van der Waals surface area contributed by atoms with Gasteiger partial charge in [-0.05, 0) is 36.5 Å². The molecule has 0 bridgehead atoms. The van der Waals surface area contributed by atoms with Crippen LogP contribution in [0.15, 0.2) is 0 Å². The molecular formula is C17H35FO2. The van der Waals surface area contributed by atoms with Crippen LogP contribution in [0.1, 0.15) is 79.1 Å². The molecule has 0 aliphatic rings. The Morgan fingerprint density at radius 1 is 0.750 bits per heavy atom. The molecular weight excluding hydrogens is 255 g/mol. The fourth-order valence-electron chi connectivity index (χ4n) is 2.24. The van der Waals surface area contributed by atoms with Crippen molar-refractivity contribution in [3.63, 3.8) is 0 Å². The van der Waals surface area contributed by atoms with Gasteiger partial charge < -0.3 is 10.2 Å². The Morgan fingerprint density at radius 3 is 1.40 bits per heavy atom. The Labute approximate surface area is 124 Å². The van der Waals surface area contributed by atoms with Crippen LogP contribution in [0.5, 0.6) is 0 Å². The van der Waals surface area contributed by atoms with Crippen LogP contribution >= 0.6 is 0 Å². The maximum absolute atomic E-state index is 13.7. The molecule has 0 atom stereocenters. The van der Waals surface area contributed by atoms with Gasteiger partial charge in [0, 0.05) is 13.2 Å². The first-order valence-electron chi connectivity index (χ1n) is 8.08. The summed E-state index contributed by atoms with van der Waals surface area (Å²) in [6.45, 7) is 8.58. The third-order valence-corrected chi connectivity index (χ3v) is 4.10.